The van der Waals surface area contributed by atoms with E-state index in [2.05, 4.69) is 34.1 Å². The number of aryl methyl sites for hydroxylation is 1. The standard InChI is InChI=1S/C18H23BrO2/c19-11-13-1-3-14(4-2-13)12-21-18-8-6-15-5-7-17(20)9-16(15)10-18/h6,8,10,13-14H,1-5,7,9,11-12H2. The van der Waals surface area contributed by atoms with Crippen molar-refractivity contribution in [2.24, 2.45) is 11.8 Å². The largest absolute Gasteiger partial charge is 0.493 e. The zero-order valence-electron chi connectivity index (χ0n) is 12.4. The maximum atomic E-state index is 11.6. The van der Waals surface area contributed by atoms with E-state index in [1.165, 1.54) is 36.8 Å². The molecule has 2 nitrogen and oxygen atoms in total. The van der Waals surface area contributed by atoms with Crippen molar-refractivity contribution in [3.8, 4) is 5.75 Å². The molecule has 2 aliphatic carbocycles. The van der Waals surface area contributed by atoms with Gasteiger partial charge in [-0.05, 0) is 67.2 Å². The fourth-order valence-electron chi connectivity index (χ4n) is 3.44. The molecule has 114 valence electrons. The third-order valence-electron chi connectivity index (χ3n) is 4.91. The summed E-state index contributed by atoms with van der Waals surface area (Å²) in [5.41, 5.74) is 2.49. The van der Waals surface area contributed by atoms with Gasteiger partial charge in [0.05, 0.1) is 6.61 Å². The van der Waals surface area contributed by atoms with Gasteiger partial charge in [-0.15, -0.1) is 0 Å². The molecule has 2 aliphatic rings. The summed E-state index contributed by atoms with van der Waals surface area (Å²) >= 11 is 3.59. The lowest BCUT2D eigenvalue weighted by atomic mass is 9.83. The number of benzene rings is 1. The first kappa shape index (κ1) is 15.1. The first-order chi connectivity index (χ1) is 10.2. The van der Waals surface area contributed by atoms with Gasteiger partial charge in [-0.1, -0.05) is 22.0 Å². The SMILES string of the molecule is O=C1CCc2ccc(OCC3CCC(CBr)CC3)cc2C1. The summed E-state index contributed by atoms with van der Waals surface area (Å²) in [7, 11) is 0. The molecule has 0 spiro atoms. The minimum absolute atomic E-state index is 0.354. The van der Waals surface area contributed by atoms with Crippen LogP contribution >= 0.6 is 15.9 Å². The van der Waals surface area contributed by atoms with Crippen LogP contribution in [0, 0.1) is 11.8 Å². The van der Waals surface area contributed by atoms with E-state index in [1.54, 1.807) is 0 Å². The molecule has 0 aliphatic heterocycles. The van der Waals surface area contributed by atoms with Crippen LogP contribution in [0.2, 0.25) is 0 Å². The number of fused-ring (bicyclic) bond motifs is 1. The van der Waals surface area contributed by atoms with Gasteiger partial charge in [0.25, 0.3) is 0 Å². The summed E-state index contributed by atoms with van der Waals surface area (Å²) < 4.78 is 5.99. The number of carbonyl (C=O) groups is 1. The van der Waals surface area contributed by atoms with Crippen LogP contribution in [0.25, 0.3) is 0 Å². The van der Waals surface area contributed by atoms with E-state index in [0.717, 1.165) is 30.0 Å². The molecule has 0 radical (unpaired) electrons. The Labute approximate surface area is 135 Å². The van der Waals surface area contributed by atoms with Crippen molar-refractivity contribution >= 4 is 21.7 Å². The molecular formula is C18H23BrO2. The molecular weight excluding hydrogens is 328 g/mol. The van der Waals surface area contributed by atoms with Crippen LogP contribution in [0.15, 0.2) is 18.2 Å². The third kappa shape index (κ3) is 3.88. The van der Waals surface area contributed by atoms with Gasteiger partial charge in [0, 0.05) is 18.2 Å². The molecule has 0 atom stereocenters. The Bertz CT molecular complexity index is 504. The number of Topliss-reactive ketones (excluding diaryl/α,β-unsaturated/α-hetero) is 1. The predicted octanol–water partition coefficient (Wildman–Crippen LogP) is 4.32. The van der Waals surface area contributed by atoms with Gasteiger partial charge in [0.1, 0.15) is 11.5 Å². The van der Waals surface area contributed by atoms with Crippen molar-refractivity contribution in [1.82, 2.24) is 0 Å². The first-order valence-corrected chi connectivity index (χ1v) is 9.19. The Morgan fingerprint density at radius 3 is 2.57 bits per heavy atom. The minimum atomic E-state index is 0.354. The van der Waals surface area contributed by atoms with E-state index in [-0.39, 0.29) is 0 Å². The lowest BCUT2D eigenvalue weighted by Gasteiger charge is -2.27. The van der Waals surface area contributed by atoms with Crippen molar-refractivity contribution in [1.29, 1.82) is 0 Å². The molecule has 0 saturated heterocycles. The molecule has 1 aromatic carbocycles. The molecule has 21 heavy (non-hydrogen) atoms. The smallest absolute Gasteiger partial charge is 0.137 e. The number of ketones is 1. The Hall–Kier alpha value is -0.830. The minimum Gasteiger partial charge on any atom is -0.493 e. The lowest BCUT2D eigenvalue weighted by Crippen LogP contribution is -2.21. The third-order valence-corrected chi connectivity index (χ3v) is 5.82. The number of ether oxygens (including phenoxy) is 1. The van der Waals surface area contributed by atoms with Gasteiger partial charge >= 0.3 is 0 Å². The average molecular weight is 351 g/mol. The first-order valence-electron chi connectivity index (χ1n) is 8.07. The number of rotatable bonds is 4. The highest BCUT2D eigenvalue weighted by Crippen LogP contribution is 2.31. The molecule has 3 rings (SSSR count). The molecule has 0 unspecified atom stereocenters. The highest BCUT2D eigenvalue weighted by atomic mass is 79.9. The monoisotopic (exact) mass is 350 g/mol. The molecule has 0 amide bonds. The van der Waals surface area contributed by atoms with Crippen molar-refractivity contribution in [3.63, 3.8) is 0 Å². The van der Waals surface area contributed by atoms with Crippen LogP contribution in [0.5, 0.6) is 5.75 Å². The zero-order valence-corrected chi connectivity index (χ0v) is 14.0. The number of hydrogen-bond acceptors (Lipinski definition) is 2. The second-order valence-electron chi connectivity index (χ2n) is 6.50. The molecule has 0 heterocycles. The van der Waals surface area contributed by atoms with Crippen molar-refractivity contribution in [2.45, 2.75) is 44.9 Å². The quantitative estimate of drug-likeness (QED) is 0.755. The zero-order chi connectivity index (χ0) is 14.7. The van der Waals surface area contributed by atoms with Crippen molar-refractivity contribution < 1.29 is 9.53 Å². The van der Waals surface area contributed by atoms with Gasteiger partial charge in [0.2, 0.25) is 0 Å². The topological polar surface area (TPSA) is 26.3 Å². The predicted molar refractivity (Wildman–Crippen MR) is 88.2 cm³/mol. The van der Waals surface area contributed by atoms with Crippen molar-refractivity contribution in [3.05, 3.63) is 29.3 Å². The molecule has 0 aromatic heterocycles. The van der Waals surface area contributed by atoms with Crippen LogP contribution < -0.4 is 4.74 Å². The maximum absolute atomic E-state index is 11.6. The molecule has 0 N–H and O–H groups in total. The molecule has 1 aromatic rings. The lowest BCUT2D eigenvalue weighted by molar-refractivity contribution is -0.118. The summed E-state index contributed by atoms with van der Waals surface area (Å²) in [6.07, 6.45) is 7.37. The highest BCUT2D eigenvalue weighted by Gasteiger charge is 2.21. The highest BCUT2D eigenvalue weighted by molar-refractivity contribution is 9.09. The molecule has 3 heteroatoms. The van der Waals surface area contributed by atoms with E-state index in [9.17, 15) is 4.79 Å². The van der Waals surface area contributed by atoms with Gasteiger partial charge in [0.15, 0.2) is 0 Å². The van der Waals surface area contributed by atoms with E-state index in [0.29, 0.717) is 24.5 Å². The summed E-state index contributed by atoms with van der Waals surface area (Å²) in [6.45, 7) is 0.821. The number of alkyl halides is 1. The fourth-order valence-corrected chi connectivity index (χ4v) is 4.09. The summed E-state index contributed by atoms with van der Waals surface area (Å²) in [6, 6.07) is 6.29. The second-order valence-corrected chi connectivity index (χ2v) is 7.15. The van der Waals surface area contributed by atoms with Crippen LogP contribution in [0.1, 0.15) is 43.2 Å². The molecule has 1 saturated carbocycles. The second kappa shape index (κ2) is 6.95. The van der Waals surface area contributed by atoms with E-state index in [1.807, 2.05) is 0 Å². The Morgan fingerprint density at radius 2 is 1.81 bits per heavy atom. The van der Waals surface area contributed by atoms with E-state index in [4.69, 9.17) is 4.74 Å². The van der Waals surface area contributed by atoms with Gasteiger partial charge in [-0.25, -0.2) is 0 Å². The summed E-state index contributed by atoms with van der Waals surface area (Å²) in [4.78, 5) is 11.6. The van der Waals surface area contributed by atoms with Crippen LogP contribution in [0.4, 0.5) is 0 Å². The van der Waals surface area contributed by atoms with Crippen molar-refractivity contribution in [2.75, 3.05) is 11.9 Å². The Balaban J connectivity index is 1.54. The van der Waals surface area contributed by atoms with Crippen LogP contribution in [0.3, 0.4) is 0 Å². The summed E-state index contributed by atoms with van der Waals surface area (Å²) in [5.74, 6) is 2.84. The maximum Gasteiger partial charge on any atom is 0.137 e. The number of halogens is 1. The molecule has 0 bridgehead atoms. The average Bonchev–Trinajstić information content (AvgIpc) is 2.53. The van der Waals surface area contributed by atoms with E-state index >= 15 is 0 Å². The van der Waals surface area contributed by atoms with Gasteiger partial charge in [-0.2, -0.15) is 0 Å². The van der Waals surface area contributed by atoms with E-state index < -0.39 is 0 Å². The fraction of sp³-hybridized carbons (Fsp3) is 0.611. The number of carbonyl (C=O) groups excluding carboxylic acids is 1. The number of hydrogen-bond donors (Lipinski definition) is 0. The molecule has 1 fully saturated rings. The Kier molecular flexibility index (Phi) is 4.99. The van der Waals surface area contributed by atoms with Crippen LogP contribution in [-0.4, -0.2) is 17.7 Å². The summed E-state index contributed by atoms with van der Waals surface area (Å²) in [5, 5.41) is 1.14. The Morgan fingerprint density at radius 1 is 1.05 bits per heavy atom. The normalized spacial score (nSPS) is 25.5. The van der Waals surface area contributed by atoms with Crippen LogP contribution in [-0.2, 0) is 17.6 Å². The van der Waals surface area contributed by atoms with Gasteiger partial charge in [-0.3, -0.25) is 4.79 Å². The van der Waals surface area contributed by atoms with Gasteiger partial charge < -0.3 is 4.74 Å².